The van der Waals surface area contributed by atoms with Crippen LogP contribution in [0.2, 0.25) is 0 Å². The number of carbonyl (C=O) groups excluding carboxylic acids is 3. The van der Waals surface area contributed by atoms with Crippen LogP contribution in [0.25, 0.3) is 10.9 Å². The molecule has 0 bridgehead atoms. The van der Waals surface area contributed by atoms with Crippen LogP contribution in [0.3, 0.4) is 0 Å². The fourth-order valence-corrected chi connectivity index (χ4v) is 6.21. The molecule has 0 N–H and O–H groups in total. The molecule has 3 aromatic carbocycles. The zero-order chi connectivity index (χ0) is 26.4. The third kappa shape index (κ3) is 3.33. The van der Waals surface area contributed by atoms with Gasteiger partial charge in [-0.3, -0.25) is 14.6 Å². The summed E-state index contributed by atoms with van der Waals surface area (Å²) in [6, 6.07) is 28.6. The molecule has 0 fully saturated rings. The molecule has 188 valence electrons. The van der Waals surface area contributed by atoms with Gasteiger partial charge in [0.25, 0.3) is 0 Å². The average Bonchev–Trinajstić information content (AvgIpc) is 3.43. The number of aromatic nitrogens is 1. The van der Waals surface area contributed by atoms with E-state index in [9.17, 15) is 14.4 Å². The first kappa shape index (κ1) is 23.8. The van der Waals surface area contributed by atoms with E-state index in [-0.39, 0.29) is 18.4 Å². The summed E-state index contributed by atoms with van der Waals surface area (Å²) in [4.78, 5) is 47.4. The number of benzene rings is 3. The minimum Gasteiger partial charge on any atom is -0.463 e. The first-order valence-electron chi connectivity index (χ1n) is 12.7. The number of fused-ring (bicyclic) bond motifs is 3. The number of carbonyl (C=O) groups is 3. The van der Waals surface area contributed by atoms with Crippen molar-refractivity contribution >= 4 is 34.4 Å². The maximum absolute atomic E-state index is 14.7. The Morgan fingerprint density at radius 2 is 1.63 bits per heavy atom. The molecule has 2 aliphatic rings. The monoisotopic (exact) mass is 502 g/mol. The molecule has 0 saturated carbocycles. The van der Waals surface area contributed by atoms with Crippen molar-refractivity contribution in [2.45, 2.75) is 31.1 Å². The molecule has 0 unspecified atom stereocenters. The van der Waals surface area contributed by atoms with Crippen LogP contribution in [0, 0.1) is 0 Å². The van der Waals surface area contributed by atoms with E-state index in [1.165, 1.54) is 11.8 Å². The highest BCUT2D eigenvalue weighted by Crippen LogP contribution is 2.63. The second kappa shape index (κ2) is 9.06. The molecule has 38 heavy (non-hydrogen) atoms. The number of nitrogens with zero attached hydrogens (tertiary/aromatic N) is 2. The van der Waals surface area contributed by atoms with Crippen molar-refractivity contribution in [1.82, 2.24) is 4.98 Å². The van der Waals surface area contributed by atoms with Crippen LogP contribution in [0.15, 0.2) is 103 Å². The molecule has 0 saturated heterocycles. The number of imide groups is 1. The molecule has 1 aliphatic carbocycles. The predicted molar refractivity (Wildman–Crippen MR) is 145 cm³/mol. The Morgan fingerprint density at radius 1 is 0.921 bits per heavy atom. The highest BCUT2D eigenvalue weighted by atomic mass is 16.5. The van der Waals surface area contributed by atoms with E-state index in [0.717, 1.165) is 16.5 Å². The number of rotatable bonds is 4. The van der Waals surface area contributed by atoms with Crippen molar-refractivity contribution in [3.8, 4) is 0 Å². The molecule has 2 amide bonds. The number of ether oxygens (including phenoxy) is 1. The van der Waals surface area contributed by atoms with Gasteiger partial charge in [0.05, 0.1) is 34.8 Å². The highest BCUT2D eigenvalue weighted by Gasteiger charge is 2.65. The molecular weight excluding hydrogens is 476 g/mol. The van der Waals surface area contributed by atoms with Gasteiger partial charge in [0.15, 0.2) is 0 Å². The predicted octanol–water partition coefficient (Wildman–Crippen LogP) is 5.44. The minimum atomic E-state index is -1.30. The molecule has 6 rings (SSSR count). The normalized spacial score (nSPS) is 22.0. The lowest BCUT2D eigenvalue weighted by atomic mass is 9.63. The summed E-state index contributed by atoms with van der Waals surface area (Å²) >= 11 is 0. The van der Waals surface area contributed by atoms with Crippen LogP contribution in [0.1, 0.15) is 42.5 Å². The Labute approximate surface area is 220 Å². The van der Waals surface area contributed by atoms with Crippen molar-refractivity contribution in [3.05, 3.63) is 119 Å². The summed E-state index contributed by atoms with van der Waals surface area (Å²) in [6.45, 7) is 3.35. The first-order chi connectivity index (χ1) is 18.5. The van der Waals surface area contributed by atoms with E-state index in [0.29, 0.717) is 22.5 Å². The molecule has 1 spiro atoms. The van der Waals surface area contributed by atoms with Crippen LogP contribution in [0.5, 0.6) is 0 Å². The molecule has 2 heterocycles. The quantitative estimate of drug-likeness (QED) is 0.348. The summed E-state index contributed by atoms with van der Waals surface area (Å²) in [5, 5.41) is 0.952. The Kier molecular flexibility index (Phi) is 5.68. The highest BCUT2D eigenvalue weighted by molar-refractivity contribution is 6.24. The number of hydrogen-bond acceptors (Lipinski definition) is 5. The Hall–Kier alpha value is -4.58. The van der Waals surface area contributed by atoms with Crippen LogP contribution in [0.4, 0.5) is 5.69 Å². The minimum absolute atomic E-state index is 0.196. The molecule has 3 atom stereocenters. The van der Waals surface area contributed by atoms with E-state index in [2.05, 4.69) is 0 Å². The molecule has 6 heteroatoms. The third-order valence-corrected chi connectivity index (χ3v) is 7.65. The number of esters is 1. The van der Waals surface area contributed by atoms with Gasteiger partial charge in [0.2, 0.25) is 11.8 Å². The van der Waals surface area contributed by atoms with Gasteiger partial charge in [-0.25, -0.2) is 9.69 Å². The van der Waals surface area contributed by atoms with Gasteiger partial charge >= 0.3 is 5.97 Å². The average molecular weight is 503 g/mol. The number of amides is 2. The van der Waals surface area contributed by atoms with Crippen molar-refractivity contribution in [2.24, 2.45) is 0 Å². The van der Waals surface area contributed by atoms with Crippen molar-refractivity contribution in [2.75, 3.05) is 11.5 Å². The van der Waals surface area contributed by atoms with Crippen LogP contribution >= 0.6 is 0 Å². The third-order valence-electron chi connectivity index (χ3n) is 7.65. The van der Waals surface area contributed by atoms with E-state index >= 15 is 0 Å². The lowest BCUT2D eigenvalue weighted by Gasteiger charge is -2.37. The largest absolute Gasteiger partial charge is 0.463 e. The lowest BCUT2D eigenvalue weighted by Crippen LogP contribution is -2.48. The van der Waals surface area contributed by atoms with Crippen molar-refractivity contribution in [1.29, 1.82) is 0 Å². The van der Waals surface area contributed by atoms with Crippen LogP contribution in [-0.2, 0) is 24.5 Å². The van der Waals surface area contributed by atoms with E-state index < -0.39 is 23.2 Å². The maximum atomic E-state index is 14.7. The fraction of sp³-hybridized carbons (Fsp3) is 0.188. The van der Waals surface area contributed by atoms with Gasteiger partial charge < -0.3 is 4.74 Å². The topological polar surface area (TPSA) is 76.6 Å². The van der Waals surface area contributed by atoms with Gasteiger partial charge in [0, 0.05) is 23.8 Å². The Bertz CT molecular complexity index is 1630. The number of anilines is 1. The summed E-state index contributed by atoms with van der Waals surface area (Å²) in [7, 11) is 0. The number of para-hydroxylation sites is 2. The first-order valence-corrected chi connectivity index (χ1v) is 12.7. The molecule has 1 aliphatic heterocycles. The molecule has 4 aromatic rings. The summed E-state index contributed by atoms with van der Waals surface area (Å²) in [5.41, 5.74) is 2.51. The number of pyridine rings is 1. The van der Waals surface area contributed by atoms with E-state index in [1.54, 1.807) is 13.0 Å². The Balaban J connectivity index is 1.70. The van der Waals surface area contributed by atoms with E-state index in [1.807, 2.05) is 91.0 Å². The molecular formula is C32H26N2O4. The second-order valence-corrected chi connectivity index (χ2v) is 9.64. The number of hydrogen-bond donors (Lipinski definition) is 0. The smallest absolute Gasteiger partial charge is 0.334 e. The maximum Gasteiger partial charge on any atom is 0.334 e. The fourth-order valence-electron chi connectivity index (χ4n) is 6.21. The Morgan fingerprint density at radius 3 is 2.39 bits per heavy atom. The summed E-state index contributed by atoms with van der Waals surface area (Å²) in [5.74, 6) is -2.53. The lowest BCUT2D eigenvalue weighted by molar-refractivity contribution is -0.138. The van der Waals surface area contributed by atoms with Crippen molar-refractivity contribution < 1.29 is 19.1 Å². The molecule has 6 nitrogen and oxygen atoms in total. The van der Waals surface area contributed by atoms with Gasteiger partial charge in [-0.15, -0.1) is 0 Å². The summed E-state index contributed by atoms with van der Waals surface area (Å²) in [6.07, 6.45) is 1.85. The molecule has 1 aromatic heterocycles. The van der Waals surface area contributed by atoms with Crippen LogP contribution in [-0.4, -0.2) is 29.4 Å². The van der Waals surface area contributed by atoms with Gasteiger partial charge in [-0.2, -0.15) is 0 Å². The molecule has 0 radical (unpaired) electrons. The van der Waals surface area contributed by atoms with E-state index in [4.69, 9.17) is 9.72 Å². The summed E-state index contributed by atoms with van der Waals surface area (Å²) < 4.78 is 5.52. The zero-order valence-corrected chi connectivity index (χ0v) is 21.1. The number of allylic oxidation sites excluding steroid dienone is 1. The van der Waals surface area contributed by atoms with Gasteiger partial charge in [-0.1, -0.05) is 78.9 Å². The van der Waals surface area contributed by atoms with Gasteiger partial charge in [-0.05, 0) is 36.2 Å². The standard InChI is InChI=1S/C32H26N2O4/c1-3-38-30(36)23-19-25(21-11-5-4-6-12-21)32(24-14-8-10-16-28(24)34(20(2)35)31(32)37)29(23)27-18-17-22-13-7-9-15-26(22)33-27/h4-19,25,29H,3H2,1-2H3/t25-,29+,32-/m0/s1. The van der Waals surface area contributed by atoms with Crippen LogP contribution < -0.4 is 4.90 Å². The zero-order valence-electron chi connectivity index (χ0n) is 21.1. The van der Waals surface area contributed by atoms with Crippen molar-refractivity contribution in [3.63, 3.8) is 0 Å². The van der Waals surface area contributed by atoms with Gasteiger partial charge in [0.1, 0.15) is 0 Å². The second-order valence-electron chi connectivity index (χ2n) is 9.64. The SMILES string of the molecule is CCOC(=O)C1=C[C@@H](c2ccccc2)[C@]2(C(=O)N(C(C)=O)c3ccccc32)[C@H]1c1ccc2ccccc2n1.